The van der Waals surface area contributed by atoms with E-state index in [-0.39, 0.29) is 17.2 Å². The van der Waals surface area contributed by atoms with Crippen molar-refractivity contribution in [1.29, 1.82) is 0 Å². The van der Waals surface area contributed by atoms with Crippen LogP contribution in [0, 0.1) is 12.8 Å². The number of carbonyl (C=O) groups is 1. The number of benzene rings is 1. The van der Waals surface area contributed by atoms with Gasteiger partial charge in [-0.25, -0.2) is 0 Å². The molecular weight excluding hydrogens is 352 g/mol. The van der Waals surface area contributed by atoms with Gasteiger partial charge in [0, 0.05) is 18.0 Å². The standard InChI is InChI=1S/C20H30N2OS.ClH/c1-16-5-7-18(8-6-16)24-20(11-3-4-12-20)19(23)22-13-9-17(10-14-22)15-21-2;/h5-8,17,21H,3-4,9-15H2,1-2H3;1H. The van der Waals surface area contributed by atoms with Crippen LogP contribution in [0.3, 0.4) is 0 Å². The number of carbonyl (C=O) groups excluding carboxylic acids is 1. The Morgan fingerprint density at radius 3 is 2.36 bits per heavy atom. The third-order valence-electron chi connectivity index (χ3n) is 5.53. The maximum absolute atomic E-state index is 13.3. The number of halogens is 1. The summed E-state index contributed by atoms with van der Waals surface area (Å²) in [6.07, 6.45) is 6.69. The lowest BCUT2D eigenvalue weighted by Gasteiger charge is -2.38. The van der Waals surface area contributed by atoms with Crippen LogP contribution in [0.2, 0.25) is 0 Å². The van der Waals surface area contributed by atoms with Crippen molar-refractivity contribution in [2.24, 2.45) is 5.92 Å². The fraction of sp³-hybridized carbons (Fsp3) is 0.650. The molecule has 0 atom stereocenters. The largest absolute Gasteiger partial charge is 0.341 e. The highest BCUT2D eigenvalue weighted by atomic mass is 35.5. The molecule has 1 aliphatic heterocycles. The second-order valence-corrected chi connectivity index (χ2v) is 8.87. The molecule has 1 amide bonds. The van der Waals surface area contributed by atoms with Crippen molar-refractivity contribution in [3.8, 4) is 0 Å². The van der Waals surface area contributed by atoms with E-state index in [2.05, 4.69) is 41.4 Å². The molecule has 3 rings (SSSR count). The van der Waals surface area contributed by atoms with Gasteiger partial charge in [0.2, 0.25) is 5.91 Å². The number of nitrogens with one attached hydrogen (secondary N) is 1. The highest BCUT2D eigenvalue weighted by Gasteiger charge is 2.45. The van der Waals surface area contributed by atoms with Crippen LogP contribution in [0.1, 0.15) is 44.1 Å². The minimum absolute atomic E-state index is 0. The third-order valence-corrected chi connectivity index (χ3v) is 7.01. The number of thioether (sulfide) groups is 1. The second-order valence-electron chi connectivity index (χ2n) is 7.41. The molecule has 25 heavy (non-hydrogen) atoms. The maximum Gasteiger partial charge on any atom is 0.239 e. The summed E-state index contributed by atoms with van der Waals surface area (Å²) in [6, 6.07) is 8.65. The van der Waals surface area contributed by atoms with Crippen molar-refractivity contribution in [2.45, 2.75) is 55.1 Å². The number of amides is 1. The smallest absolute Gasteiger partial charge is 0.239 e. The number of likely N-dealkylation sites (tertiary alicyclic amines) is 1. The van der Waals surface area contributed by atoms with Crippen molar-refractivity contribution in [3.05, 3.63) is 29.8 Å². The molecule has 140 valence electrons. The van der Waals surface area contributed by atoms with Gasteiger partial charge < -0.3 is 10.2 Å². The molecule has 1 heterocycles. The van der Waals surface area contributed by atoms with E-state index in [9.17, 15) is 4.79 Å². The Balaban J connectivity index is 0.00000225. The Morgan fingerprint density at radius 1 is 1.20 bits per heavy atom. The van der Waals surface area contributed by atoms with E-state index in [4.69, 9.17) is 0 Å². The van der Waals surface area contributed by atoms with Gasteiger partial charge in [-0.05, 0) is 64.3 Å². The lowest BCUT2D eigenvalue weighted by molar-refractivity contribution is -0.135. The summed E-state index contributed by atoms with van der Waals surface area (Å²) in [7, 11) is 2.02. The fourth-order valence-corrected chi connectivity index (χ4v) is 5.49. The first kappa shape index (κ1) is 20.6. The van der Waals surface area contributed by atoms with Crippen LogP contribution >= 0.6 is 24.2 Å². The summed E-state index contributed by atoms with van der Waals surface area (Å²) in [4.78, 5) is 16.7. The first-order valence-electron chi connectivity index (χ1n) is 9.33. The topological polar surface area (TPSA) is 32.3 Å². The van der Waals surface area contributed by atoms with Gasteiger partial charge in [-0.3, -0.25) is 4.79 Å². The summed E-state index contributed by atoms with van der Waals surface area (Å²) in [5.41, 5.74) is 1.28. The van der Waals surface area contributed by atoms with E-state index in [0.717, 1.165) is 51.2 Å². The number of nitrogens with zero attached hydrogens (tertiary/aromatic N) is 1. The SMILES string of the molecule is CNCC1CCN(C(=O)C2(Sc3ccc(C)cc3)CCCC2)CC1.Cl. The first-order valence-corrected chi connectivity index (χ1v) is 10.1. The Labute approximate surface area is 162 Å². The Bertz CT molecular complexity index is 549. The van der Waals surface area contributed by atoms with E-state index >= 15 is 0 Å². The van der Waals surface area contributed by atoms with Gasteiger partial charge in [0.05, 0.1) is 4.75 Å². The molecule has 0 radical (unpaired) electrons. The lowest BCUT2D eigenvalue weighted by Crippen LogP contribution is -2.49. The lowest BCUT2D eigenvalue weighted by atomic mass is 9.95. The molecule has 0 bridgehead atoms. The van der Waals surface area contributed by atoms with Crippen LogP contribution in [0.5, 0.6) is 0 Å². The van der Waals surface area contributed by atoms with Crippen molar-refractivity contribution < 1.29 is 4.79 Å². The average molecular weight is 383 g/mol. The molecule has 0 aromatic heterocycles. The van der Waals surface area contributed by atoms with E-state index in [1.54, 1.807) is 0 Å². The van der Waals surface area contributed by atoms with E-state index < -0.39 is 0 Å². The van der Waals surface area contributed by atoms with Gasteiger partial charge in [-0.2, -0.15) is 0 Å². The van der Waals surface area contributed by atoms with Gasteiger partial charge in [0.25, 0.3) is 0 Å². The highest BCUT2D eigenvalue weighted by molar-refractivity contribution is 8.01. The Morgan fingerprint density at radius 2 is 1.80 bits per heavy atom. The molecular formula is C20H31ClN2OS. The zero-order valence-corrected chi connectivity index (χ0v) is 17.1. The van der Waals surface area contributed by atoms with Gasteiger partial charge in [-0.15, -0.1) is 24.2 Å². The third kappa shape index (κ3) is 4.93. The minimum Gasteiger partial charge on any atom is -0.341 e. The van der Waals surface area contributed by atoms with Crippen LogP contribution in [0.4, 0.5) is 0 Å². The summed E-state index contributed by atoms with van der Waals surface area (Å²) >= 11 is 1.82. The van der Waals surface area contributed by atoms with Crippen molar-refractivity contribution in [1.82, 2.24) is 10.2 Å². The summed E-state index contributed by atoms with van der Waals surface area (Å²) in [5, 5.41) is 3.27. The van der Waals surface area contributed by atoms with Crippen LogP contribution in [0.15, 0.2) is 29.2 Å². The van der Waals surface area contributed by atoms with Crippen molar-refractivity contribution >= 4 is 30.1 Å². The van der Waals surface area contributed by atoms with Crippen LogP contribution in [0.25, 0.3) is 0 Å². The molecule has 2 fully saturated rings. The summed E-state index contributed by atoms with van der Waals surface area (Å²) < 4.78 is -0.217. The average Bonchev–Trinajstić information content (AvgIpc) is 3.07. The normalized spacial score (nSPS) is 20.3. The zero-order valence-electron chi connectivity index (χ0n) is 15.4. The fourth-order valence-electron chi connectivity index (χ4n) is 4.05. The molecule has 1 saturated carbocycles. The van der Waals surface area contributed by atoms with Crippen LogP contribution in [-0.2, 0) is 4.79 Å². The van der Waals surface area contributed by atoms with Gasteiger partial charge in [-0.1, -0.05) is 30.5 Å². The molecule has 3 nitrogen and oxygen atoms in total. The number of hydrogen-bond acceptors (Lipinski definition) is 3. The van der Waals surface area contributed by atoms with Crippen molar-refractivity contribution in [3.63, 3.8) is 0 Å². The molecule has 5 heteroatoms. The number of rotatable bonds is 5. The molecule has 1 saturated heterocycles. The van der Waals surface area contributed by atoms with Crippen LogP contribution < -0.4 is 5.32 Å². The summed E-state index contributed by atoms with van der Waals surface area (Å²) in [6.45, 7) is 5.05. The minimum atomic E-state index is -0.217. The van der Waals surface area contributed by atoms with E-state index in [1.807, 2.05) is 18.8 Å². The monoisotopic (exact) mass is 382 g/mol. The number of piperidine rings is 1. The van der Waals surface area contributed by atoms with Gasteiger partial charge in [0.15, 0.2) is 0 Å². The van der Waals surface area contributed by atoms with E-state index in [1.165, 1.54) is 23.3 Å². The second kappa shape index (κ2) is 9.29. The van der Waals surface area contributed by atoms with Crippen molar-refractivity contribution in [2.75, 3.05) is 26.7 Å². The molecule has 0 unspecified atom stereocenters. The first-order chi connectivity index (χ1) is 11.6. The van der Waals surface area contributed by atoms with Crippen LogP contribution in [-0.4, -0.2) is 42.2 Å². The molecule has 1 aromatic rings. The summed E-state index contributed by atoms with van der Waals surface area (Å²) in [5.74, 6) is 1.12. The number of aryl methyl sites for hydroxylation is 1. The predicted octanol–water partition coefficient (Wildman–Crippen LogP) is 4.28. The zero-order chi connectivity index (χ0) is 17.0. The molecule has 0 spiro atoms. The Kier molecular flexibility index (Phi) is 7.66. The number of hydrogen-bond donors (Lipinski definition) is 1. The quantitative estimate of drug-likeness (QED) is 0.824. The predicted molar refractivity (Wildman–Crippen MR) is 109 cm³/mol. The molecule has 1 aliphatic carbocycles. The van der Waals surface area contributed by atoms with E-state index in [0.29, 0.717) is 5.91 Å². The maximum atomic E-state index is 13.3. The highest BCUT2D eigenvalue weighted by Crippen LogP contribution is 2.47. The van der Waals surface area contributed by atoms with Gasteiger partial charge >= 0.3 is 0 Å². The molecule has 1 aromatic carbocycles. The Hall–Kier alpha value is -0.710. The molecule has 2 aliphatic rings. The molecule has 1 N–H and O–H groups in total. The van der Waals surface area contributed by atoms with Gasteiger partial charge in [0.1, 0.15) is 0 Å².